The van der Waals surface area contributed by atoms with Gasteiger partial charge in [0.2, 0.25) is 5.91 Å². The molecule has 0 aliphatic heterocycles. The molecule has 0 aliphatic rings. The second-order valence-electron chi connectivity index (χ2n) is 6.49. The zero-order valence-corrected chi connectivity index (χ0v) is 16.7. The fourth-order valence-corrected chi connectivity index (χ4v) is 3.24. The number of carbonyl (C=O) groups excluding carboxylic acids is 1. The molecular formula is C22H25N3O3. The number of nitrogens with one attached hydrogen (secondary N) is 1. The zero-order chi connectivity index (χ0) is 20.1. The third-order valence-electron chi connectivity index (χ3n) is 4.66. The molecule has 3 rings (SSSR count). The van der Waals surface area contributed by atoms with E-state index in [0.29, 0.717) is 24.3 Å². The first kappa shape index (κ1) is 19.5. The Morgan fingerprint density at radius 2 is 1.79 bits per heavy atom. The summed E-state index contributed by atoms with van der Waals surface area (Å²) >= 11 is 0. The third kappa shape index (κ3) is 4.01. The van der Waals surface area contributed by atoms with E-state index < -0.39 is 0 Å². The first-order valence-electron chi connectivity index (χ1n) is 9.16. The van der Waals surface area contributed by atoms with Crippen molar-refractivity contribution < 1.29 is 14.3 Å². The Morgan fingerprint density at radius 3 is 2.46 bits per heavy atom. The Morgan fingerprint density at radius 1 is 1.04 bits per heavy atom. The van der Waals surface area contributed by atoms with Crippen LogP contribution < -0.4 is 14.8 Å². The summed E-state index contributed by atoms with van der Waals surface area (Å²) in [6.45, 7) is 3.85. The predicted molar refractivity (Wildman–Crippen MR) is 110 cm³/mol. The Kier molecular flexibility index (Phi) is 5.99. The second kappa shape index (κ2) is 8.61. The predicted octanol–water partition coefficient (Wildman–Crippen LogP) is 4.08. The number of methoxy groups -OCH3 is 2. The number of anilines is 1. The maximum absolute atomic E-state index is 12.6. The SMILES string of the molecule is COc1cccc(CCC(=O)Nc2c(C)nn(-c3ccccc3)c2C)c1OC. The minimum Gasteiger partial charge on any atom is -0.493 e. The average molecular weight is 379 g/mol. The van der Waals surface area contributed by atoms with Gasteiger partial charge >= 0.3 is 0 Å². The molecule has 1 aromatic heterocycles. The van der Waals surface area contributed by atoms with E-state index >= 15 is 0 Å². The number of para-hydroxylation sites is 2. The van der Waals surface area contributed by atoms with Crippen LogP contribution in [0.2, 0.25) is 0 Å². The van der Waals surface area contributed by atoms with Crippen LogP contribution in [0.1, 0.15) is 23.4 Å². The number of nitrogens with zero attached hydrogens (tertiary/aromatic N) is 2. The number of amides is 1. The van der Waals surface area contributed by atoms with E-state index in [-0.39, 0.29) is 5.91 Å². The summed E-state index contributed by atoms with van der Waals surface area (Å²) < 4.78 is 12.6. The summed E-state index contributed by atoms with van der Waals surface area (Å²) in [6, 6.07) is 15.5. The van der Waals surface area contributed by atoms with Crippen molar-refractivity contribution in [2.24, 2.45) is 0 Å². The molecule has 0 saturated carbocycles. The molecule has 2 aromatic carbocycles. The topological polar surface area (TPSA) is 65.4 Å². The number of hydrogen-bond donors (Lipinski definition) is 1. The molecule has 6 nitrogen and oxygen atoms in total. The van der Waals surface area contributed by atoms with Crippen molar-refractivity contribution in [1.82, 2.24) is 9.78 Å². The van der Waals surface area contributed by atoms with Gasteiger partial charge in [-0.05, 0) is 44.0 Å². The first-order valence-corrected chi connectivity index (χ1v) is 9.16. The standard InChI is InChI=1S/C22H25N3O3/c1-15-21(16(2)25(24-15)18-10-6-5-7-11-18)23-20(26)14-13-17-9-8-12-19(27-3)22(17)28-4/h5-12H,13-14H2,1-4H3,(H,23,26). The number of hydrogen-bond acceptors (Lipinski definition) is 4. The smallest absolute Gasteiger partial charge is 0.224 e. The van der Waals surface area contributed by atoms with Gasteiger partial charge in [0.1, 0.15) is 0 Å². The maximum Gasteiger partial charge on any atom is 0.224 e. The van der Waals surface area contributed by atoms with Crippen LogP contribution in [0.3, 0.4) is 0 Å². The molecule has 1 N–H and O–H groups in total. The summed E-state index contributed by atoms with van der Waals surface area (Å²) in [7, 11) is 3.20. The number of ether oxygens (including phenoxy) is 2. The third-order valence-corrected chi connectivity index (χ3v) is 4.66. The Bertz CT molecular complexity index is 965. The summed E-state index contributed by atoms with van der Waals surface area (Å²) in [6.07, 6.45) is 0.885. The minimum absolute atomic E-state index is 0.0660. The highest BCUT2D eigenvalue weighted by Crippen LogP contribution is 2.31. The molecule has 0 aliphatic carbocycles. The van der Waals surface area contributed by atoms with E-state index in [1.165, 1.54) is 0 Å². The Hall–Kier alpha value is -3.28. The van der Waals surface area contributed by atoms with Crippen LogP contribution in [-0.4, -0.2) is 29.9 Å². The van der Waals surface area contributed by atoms with Gasteiger partial charge < -0.3 is 14.8 Å². The van der Waals surface area contributed by atoms with Gasteiger partial charge in [0.05, 0.1) is 37.0 Å². The average Bonchev–Trinajstić information content (AvgIpc) is 3.00. The van der Waals surface area contributed by atoms with Crippen LogP contribution in [0.15, 0.2) is 48.5 Å². The lowest BCUT2D eigenvalue weighted by Gasteiger charge is -2.12. The fraction of sp³-hybridized carbons (Fsp3) is 0.273. The fourth-order valence-electron chi connectivity index (χ4n) is 3.24. The molecule has 1 amide bonds. The van der Waals surface area contributed by atoms with Gasteiger partial charge in [0.25, 0.3) is 0 Å². The van der Waals surface area contributed by atoms with Crippen LogP contribution in [0, 0.1) is 13.8 Å². The largest absolute Gasteiger partial charge is 0.493 e. The highest BCUT2D eigenvalue weighted by Gasteiger charge is 2.16. The van der Waals surface area contributed by atoms with Crippen LogP contribution in [0.25, 0.3) is 5.69 Å². The maximum atomic E-state index is 12.6. The molecule has 0 bridgehead atoms. The van der Waals surface area contributed by atoms with Gasteiger partial charge in [-0.2, -0.15) is 5.10 Å². The van der Waals surface area contributed by atoms with Crippen molar-refractivity contribution in [3.63, 3.8) is 0 Å². The van der Waals surface area contributed by atoms with Gasteiger partial charge in [-0.1, -0.05) is 30.3 Å². The van der Waals surface area contributed by atoms with Crippen molar-refractivity contribution in [2.75, 3.05) is 19.5 Å². The lowest BCUT2D eigenvalue weighted by molar-refractivity contribution is -0.116. The van der Waals surface area contributed by atoms with Crippen LogP contribution in [0.5, 0.6) is 11.5 Å². The first-order chi connectivity index (χ1) is 13.5. The van der Waals surface area contributed by atoms with Crippen molar-refractivity contribution in [3.05, 3.63) is 65.5 Å². The minimum atomic E-state index is -0.0660. The Labute approximate surface area is 165 Å². The quantitative estimate of drug-likeness (QED) is 0.672. The van der Waals surface area contributed by atoms with Crippen LogP contribution in [0.4, 0.5) is 5.69 Å². The van der Waals surface area contributed by atoms with E-state index in [0.717, 1.165) is 28.3 Å². The molecule has 146 valence electrons. The van der Waals surface area contributed by atoms with Crippen molar-refractivity contribution in [1.29, 1.82) is 0 Å². The monoisotopic (exact) mass is 379 g/mol. The van der Waals surface area contributed by atoms with Gasteiger partial charge in [0.15, 0.2) is 11.5 Å². The Balaban J connectivity index is 1.72. The summed E-state index contributed by atoms with van der Waals surface area (Å²) in [5.41, 5.74) is 4.34. The second-order valence-corrected chi connectivity index (χ2v) is 6.49. The normalized spacial score (nSPS) is 10.6. The number of rotatable bonds is 7. The molecule has 0 atom stereocenters. The number of aryl methyl sites for hydroxylation is 2. The number of carbonyl (C=O) groups is 1. The van der Waals surface area contributed by atoms with Crippen molar-refractivity contribution in [3.8, 4) is 17.2 Å². The molecule has 0 fully saturated rings. The lowest BCUT2D eigenvalue weighted by Crippen LogP contribution is -2.14. The van der Waals surface area contributed by atoms with E-state index in [1.54, 1.807) is 14.2 Å². The molecule has 1 heterocycles. The molecule has 0 spiro atoms. The number of benzene rings is 2. The summed E-state index contributed by atoms with van der Waals surface area (Å²) in [5.74, 6) is 1.27. The molecule has 28 heavy (non-hydrogen) atoms. The lowest BCUT2D eigenvalue weighted by atomic mass is 10.1. The molecule has 0 saturated heterocycles. The molecule has 0 unspecified atom stereocenters. The molecular weight excluding hydrogens is 354 g/mol. The van der Waals surface area contributed by atoms with Gasteiger partial charge in [-0.15, -0.1) is 0 Å². The molecule has 0 radical (unpaired) electrons. The van der Waals surface area contributed by atoms with E-state index in [4.69, 9.17) is 9.47 Å². The summed E-state index contributed by atoms with van der Waals surface area (Å²) in [4.78, 5) is 12.6. The van der Waals surface area contributed by atoms with Crippen LogP contribution in [-0.2, 0) is 11.2 Å². The van der Waals surface area contributed by atoms with Gasteiger partial charge in [0, 0.05) is 6.42 Å². The van der Waals surface area contributed by atoms with E-state index in [2.05, 4.69) is 10.4 Å². The summed E-state index contributed by atoms with van der Waals surface area (Å²) in [5, 5.41) is 7.58. The van der Waals surface area contributed by atoms with Crippen molar-refractivity contribution in [2.45, 2.75) is 26.7 Å². The van der Waals surface area contributed by atoms with E-state index in [9.17, 15) is 4.79 Å². The van der Waals surface area contributed by atoms with Crippen LogP contribution >= 0.6 is 0 Å². The van der Waals surface area contributed by atoms with Gasteiger partial charge in [-0.3, -0.25) is 4.79 Å². The number of aromatic nitrogens is 2. The molecule has 6 heteroatoms. The van der Waals surface area contributed by atoms with Crippen molar-refractivity contribution >= 4 is 11.6 Å². The van der Waals surface area contributed by atoms with Gasteiger partial charge in [-0.25, -0.2) is 4.68 Å². The zero-order valence-electron chi connectivity index (χ0n) is 16.7. The molecule has 3 aromatic rings. The van der Waals surface area contributed by atoms with E-state index in [1.807, 2.05) is 67.1 Å². The highest BCUT2D eigenvalue weighted by atomic mass is 16.5. The highest BCUT2D eigenvalue weighted by molar-refractivity contribution is 5.92.